The van der Waals surface area contributed by atoms with Crippen molar-refractivity contribution in [3.63, 3.8) is 0 Å². The van der Waals surface area contributed by atoms with Crippen LogP contribution in [0.25, 0.3) is 0 Å². The van der Waals surface area contributed by atoms with Crippen LogP contribution in [0.2, 0.25) is 0 Å². The van der Waals surface area contributed by atoms with Crippen LogP contribution in [-0.4, -0.2) is 39.3 Å². The van der Waals surface area contributed by atoms with Crippen LogP contribution in [0.5, 0.6) is 11.5 Å². The first-order valence-electron chi connectivity index (χ1n) is 7.33. The number of ether oxygens (including phenoxy) is 2. The Morgan fingerprint density at radius 2 is 2.05 bits per heavy atom. The van der Waals surface area contributed by atoms with Crippen molar-refractivity contribution in [1.29, 1.82) is 0 Å². The first kappa shape index (κ1) is 15.6. The summed E-state index contributed by atoms with van der Waals surface area (Å²) in [7, 11) is 3.19. The maximum atomic E-state index is 12.1. The number of benzene rings is 1. The molecule has 2 N–H and O–H groups in total. The van der Waals surface area contributed by atoms with Crippen molar-refractivity contribution >= 4 is 5.91 Å². The normalized spacial score (nSPS) is 21.7. The Hall–Kier alpha value is -1.75. The van der Waals surface area contributed by atoms with E-state index in [1.54, 1.807) is 14.2 Å². The van der Waals surface area contributed by atoms with Crippen LogP contribution in [-0.2, 0) is 11.2 Å². The first-order chi connectivity index (χ1) is 10.1. The summed E-state index contributed by atoms with van der Waals surface area (Å²) in [5, 5.41) is 6.43. The summed E-state index contributed by atoms with van der Waals surface area (Å²) >= 11 is 0. The van der Waals surface area contributed by atoms with Gasteiger partial charge in [0.15, 0.2) is 11.5 Å². The van der Waals surface area contributed by atoms with Crippen LogP contribution >= 0.6 is 0 Å². The molecule has 1 fully saturated rings. The zero-order chi connectivity index (χ0) is 15.2. The molecule has 116 valence electrons. The number of piperidine rings is 1. The molecule has 0 aromatic heterocycles. The second-order valence-electron chi connectivity index (χ2n) is 5.63. The molecule has 1 saturated heterocycles. The number of hydrogen-bond acceptors (Lipinski definition) is 4. The van der Waals surface area contributed by atoms with Gasteiger partial charge in [-0.3, -0.25) is 4.79 Å². The van der Waals surface area contributed by atoms with Gasteiger partial charge in [-0.05, 0) is 36.6 Å². The van der Waals surface area contributed by atoms with Crippen molar-refractivity contribution in [1.82, 2.24) is 10.6 Å². The molecule has 0 aliphatic carbocycles. The van der Waals surface area contributed by atoms with Gasteiger partial charge in [-0.2, -0.15) is 0 Å². The Bertz CT molecular complexity index is 490. The third kappa shape index (κ3) is 4.36. The van der Waals surface area contributed by atoms with Gasteiger partial charge in [0.25, 0.3) is 0 Å². The molecule has 1 heterocycles. The third-order valence-electron chi connectivity index (χ3n) is 3.75. The molecule has 0 bridgehead atoms. The maximum Gasteiger partial charge on any atom is 0.224 e. The van der Waals surface area contributed by atoms with E-state index in [1.807, 2.05) is 18.2 Å². The molecule has 0 radical (unpaired) electrons. The highest BCUT2D eigenvalue weighted by Crippen LogP contribution is 2.27. The number of rotatable bonds is 5. The third-order valence-corrected chi connectivity index (χ3v) is 3.75. The van der Waals surface area contributed by atoms with Crippen molar-refractivity contribution in [2.24, 2.45) is 5.92 Å². The smallest absolute Gasteiger partial charge is 0.224 e. The summed E-state index contributed by atoms with van der Waals surface area (Å²) in [5.74, 6) is 1.97. The van der Waals surface area contributed by atoms with Gasteiger partial charge in [-0.25, -0.2) is 0 Å². The van der Waals surface area contributed by atoms with E-state index in [0.29, 0.717) is 23.8 Å². The van der Waals surface area contributed by atoms with Crippen LogP contribution in [0, 0.1) is 5.92 Å². The summed E-state index contributed by atoms with van der Waals surface area (Å²) in [6.07, 6.45) is 1.38. The minimum absolute atomic E-state index is 0.0446. The summed E-state index contributed by atoms with van der Waals surface area (Å²) < 4.78 is 10.5. The van der Waals surface area contributed by atoms with Crippen molar-refractivity contribution in [2.75, 3.05) is 27.3 Å². The van der Waals surface area contributed by atoms with Gasteiger partial charge in [0.1, 0.15) is 0 Å². The van der Waals surface area contributed by atoms with Crippen molar-refractivity contribution in [3.8, 4) is 11.5 Å². The monoisotopic (exact) mass is 292 g/mol. The second-order valence-corrected chi connectivity index (χ2v) is 5.63. The molecule has 1 aliphatic rings. The van der Waals surface area contributed by atoms with E-state index in [9.17, 15) is 4.79 Å². The van der Waals surface area contributed by atoms with Crippen LogP contribution in [0.4, 0.5) is 0 Å². The van der Waals surface area contributed by atoms with Crippen LogP contribution in [0.1, 0.15) is 18.9 Å². The van der Waals surface area contributed by atoms with Gasteiger partial charge in [0.05, 0.1) is 20.6 Å². The molecule has 1 amide bonds. The minimum atomic E-state index is 0.0446. The number of methoxy groups -OCH3 is 2. The lowest BCUT2D eigenvalue weighted by molar-refractivity contribution is -0.121. The molecule has 1 aliphatic heterocycles. The van der Waals surface area contributed by atoms with Gasteiger partial charge in [0, 0.05) is 12.6 Å². The fraction of sp³-hybridized carbons (Fsp3) is 0.562. The molecule has 5 nitrogen and oxygen atoms in total. The van der Waals surface area contributed by atoms with Crippen molar-refractivity contribution in [3.05, 3.63) is 23.8 Å². The van der Waals surface area contributed by atoms with E-state index >= 15 is 0 Å². The molecule has 1 aromatic rings. The molecule has 2 atom stereocenters. The molecule has 5 heteroatoms. The standard InChI is InChI=1S/C16H24N2O3/c1-11-6-13(10-17-9-11)18-16(19)8-12-4-5-14(20-2)15(7-12)21-3/h4-5,7,11,13,17H,6,8-10H2,1-3H3,(H,18,19). The van der Waals surface area contributed by atoms with Gasteiger partial charge >= 0.3 is 0 Å². The van der Waals surface area contributed by atoms with Crippen LogP contribution < -0.4 is 20.1 Å². The number of carbonyl (C=O) groups excluding carboxylic acids is 1. The summed E-state index contributed by atoms with van der Waals surface area (Å²) in [5.41, 5.74) is 0.918. The Kier molecular flexibility index (Phi) is 5.44. The van der Waals surface area contributed by atoms with E-state index in [1.165, 1.54) is 0 Å². The fourth-order valence-corrected chi connectivity index (χ4v) is 2.72. The highest BCUT2D eigenvalue weighted by atomic mass is 16.5. The highest BCUT2D eigenvalue weighted by Gasteiger charge is 2.20. The summed E-state index contributed by atoms with van der Waals surface area (Å²) in [4.78, 5) is 12.1. The molecule has 0 saturated carbocycles. The molecule has 2 unspecified atom stereocenters. The Morgan fingerprint density at radius 3 is 2.71 bits per heavy atom. The quantitative estimate of drug-likeness (QED) is 0.860. The van der Waals surface area contributed by atoms with E-state index in [-0.39, 0.29) is 11.9 Å². The van der Waals surface area contributed by atoms with Crippen LogP contribution in [0.15, 0.2) is 18.2 Å². The van der Waals surface area contributed by atoms with Crippen molar-refractivity contribution in [2.45, 2.75) is 25.8 Å². The van der Waals surface area contributed by atoms with E-state index < -0.39 is 0 Å². The minimum Gasteiger partial charge on any atom is -0.493 e. The SMILES string of the molecule is COc1ccc(CC(=O)NC2CNCC(C)C2)cc1OC. The predicted octanol–water partition coefficient (Wildman–Crippen LogP) is 1.36. The average Bonchev–Trinajstić information content (AvgIpc) is 2.47. The zero-order valence-electron chi connectivity index (χ0n) is 12.9. The number of amides is 1. The largest absolute Gasteiger partial charge is 0.493 e. The Morgan fingerprint density at radius 1 is 1.29 bits per heavy atom. The molecular weight excluding hydrogens is 268 g/mol. The maximum absolute atomic E-state index is 12.1. The van der Waals surface area contributed by atoms with E-state index in [0.717, 1.165) is 25.1 Å². The lowest BCUT2D eigenvalue weighted by atomic mass is 9.97. The second kappa shape index (κ2) is 7.31. The van der Waals surface area contributed by atoms with Gasteiger partial charge in [-0.15, -0.1) is 0 Å². The molecule has 0 spiro atoms. The summed E-state index contributed by atoms with van der Waals surface area (Å²) in [6.45, 7) is 4.07. The lowest BCUT2D eigenvalue weighted by Crippen LogP contribution is -2.48. The Labute approximate surface area is 126 Å². The lowest BCUT2D eigenvalue weighted by Gasteiger charge is -2.28. The number of nitrogens with one attached hydrogen (secondary N) is 2. The first-order valence-corrected chi connectivity index (χ1v) is 7.33. The van der Waals surface area contributed by atoms with Gasteiger partial charge < -0.3 is 20.1 Å². The summed E-state index contributed by atoms with van der Waals surface area (Å²) in [6, 6.07) is 5.79. The van der Waals surface area contributed by atoms with E-state index in [4.69, 9.17) is 9.47 Å². The topological polar surface area (TPSA) is 59.6 Å². The molecule has 1 aromatic carbocycles. The Balaban J connectivity index is 1.93. The number of hydrogen-bond donors (Lipinski definition) is 2. The van der Waals surface area contributed by atoms with Gasteiger partial charge in [0.2, 0.25) is 5.91 Å². The molecular formula is C16H24N2O3. The highest BCUT2D eigenvalue weighted by molar-refractivity contribution is 5.79. The van der Waals surface area contributed by atoms with Crippen LogP contribution in [0.3, 0.4) is 0 Å². The predicted molar refractivity (Wildman–Crippen MR) is 81.8 cm³/mol. The van der Waals surface area contributed by atoms with Crippen molar-refractivity contribution < 1.29 is 14.3 Å². The molecule has 2 rings (SSSR count). The zero-order valence-corrected chi connectivity index (χ0v) is 12.9. The fourth-order valence-electron chi connectivity index (χ4n) is 2.72. The van der Waals surface area contributed by atoms with Gasteiger partial charge in [-0.1, -0.05) is 13.0 Å². The number of carbonyl (C=O) groups is 1. The average molecular weight is 292 g/mol. The molecule has 21 heavy (non-hydrogen) atoms. The van der Waals surface area contributed by atoms with E-state index in [2.05, 4.69) is 17.6 Å².